The maximum Gasteiger partial charge on any atom is 0.271 e. The van der Waals surface area contributed by atoms with Crippen LogP contribution in [0.25, 0.3) is 0 Å². The van der Waals surface area contributed by atoms with Gasteiger partial charge < -0.3 is 4.42 Å². The number of carbonyl (C=O) groups excluding carboxylic acids is 1. The third kappa shape index (κ3) is 2.73. The Morgan fingerprint density at radius 2 is 2.00 bits per heavy atom. The molecule has 0 aliphatic heterocycles. The first-order chi connectivity index (χ1) is 10.6. The van der Waals surface area contributed by atoms with Gasteiger partial charge in [0.25, 0.3) is 11.6 Å². The smallest absolute Gasteiger partial charge is 0.271 e. The maximum atomic E-state index is 12.0. The van der Waals surface area contributed by atoms with Crippen molar-refractivity contribution >= 4 is 17.3 Å². The number of hydrazone groups is 1. The van der Waals surface area contributed by atoms with E-state index in [1.54, 1.807) is 6.26 Å². The Bertz CT molecular complexity index is 746. The van der Waals surface area contributed by atoms with E-state index in [9.17, 15) is 14.9 Å². The first-order valence-corrected chi connectivity index (χ1v) is 6.83. The molecular formula is C15H13N3O4. The van der Waals surface area contributed by atoms with E-state index in [1.807, 2.05) is 6.07 Å². The van der Waals surface area contributed by atoms with Crippen molar-refractivity contribution in [3.05, 3.63) is 63.6 Å². The van der Waals surface area contributed by atoms with Gasteiger partial charge in [-0.2, -0.15) is 5.10 Å². The van der Waals surface area contributed by atoms with E-state index < -0.39 is 10.8 Å². The average molecular weight is 299 g/mol. The van der Waals surface area contributed by atoms with E-state index in [0.717, 1.165) is 36.3 Å². The summed E-state index contributed by atoms with van der Waals surface area (Å²) in [6.45, 7) is 0. The molecule has 1 amide bonds. The highest BCUT2D eigenvalue weighted by Gasteiger charge is 2.18. The molecule has 0 saturated heterocycles. The third-order valence-electron chi connectivity index (χ3n) is 3.51. The first kappa shape index (κ1) is 14.0. The topological polar surface area (TPSA) is 97.7 Å². The molecule has 0 bridgehead atoms. The van der Waals surface area contributed by atoms with E-state index in [-0.39, 0.29) is 5.69 Å². The standard InChI is InChI=1S/C15H13N3O4/c19-15(10-4-6-11(7-5-10)18(20)21)17-16-13-2-1-3-14-12(13)8-9-22-14/h4-9H,1-3H2,(H,17,19)/b16-13-. The average Bonchev–Trinajstić information content (AvgIpc) is 3.01. The molecule has 0 unspecified atom stereocenters. The first-order valence-electron chi connectivity index (χ1n) is 6.83. The molecule has 1 aromatic carbocycles. The van der Waals surface area contributed by atoms with Crippen molar-refractivity contribution in [3.8, 4) is 0 Å². The van der Waals surface area contributed by atoms with Crippen LogP contribution in [0.3, 0.4) is 0 Å². The van der Waals surface area contributed by atoms with E-state index in [2.05, 4.69) is 10.5 Å². The fourth-order valence-corrected chi connectivity index (χ4v) is 2.38. The summed E-state index contributed by atoms with van der Waals surface area (Å²) in [7, 11) is 0. The van der Waals surface area contributed by atoms with Gasteiger partial charge in [0.15, 0.2) is 0 Å². The number of hydrogen-bond donors (Lipinski definition) is 1. The Morgan fingerprint density at radius 3 is 2.73 bits per heavy atom. The number of benzene rings is 1. The molecule has 0 atom stereocenters. The van der Waals surface area contributed by atoms with Crippen LogP contribution in [-0.2, 0) is 6.42 Å². The predicted molar refractivity (Wildman–Crippen MR) is 78.7 cm³/mol. The van der Waals surface area contributed by atoms with Crippen molar-refractivity contribution in [2.24, 2.45) is 5.10 Å². The monoisotopic (exact) mass is 299 g/mol. The van der Waals surface area contributed by atoms with Crippen molar-refractivity contribution in [1.82, 2.24) is 5.43 Å². The maximum absolute atomic E-state index is 12.0. The number of carbonyl (C=O) groups is 1. The fraction of sp³-hybridized carbons (Fsp3) is 0.200. The minimum Gasteiger partial charge on any atom is -0.469 e. The largest absolute Gasteiger partial charge is 0.469 e. The number of rotatable bonds is 3. The number of fused-ring (bicyclic) bond motifs is 1. The van der Waals surface area contributed by atoms with Crippen LogP contribution >= 0.6 is 0 Å². The number of nitrogens with zero attached hydrogens (tertiary/aromatic N) is 2. The molecule has 7 nitrogen and oxygen atoms in total. The summed E-state index contributed by atoms with van der Waals surface area (Å²) in [5, 5.41) is 14.7. The highest BCUT2D eigenvalue weighted by atomic mass is 16.6. The Morgan fingerprint density at radius 1 is 1.23 bits per heavy atom. The molecule has 0 saturated carbocycles. The molecule has 1 aromatic heterocycles. The van der Waals surface area contributed by atoms with E-state index in [0.29, 0.717) is 5.56 Å². The normalized spacial score (nSPS) is 15.4. The number of aryl methyl sites for hydroxylation is 1. The predicted octanol–water partition coefficient (Wildman–Crippen LogP) is 2.66. The van der Waals surface area contributed by atoms with Gasteiger partial charge in [-0.3, -0.25) is 14.9 Å². The molecule has 1 heterocycles. The Hall–Kier alpha value is -2.96. The number of nitro groups is 1. The van der Waals surface area contributed by atoms with Crippen LogP contribution in [0, 0.1) is 10.1 Å². The quantitative estimate of drug-likeness (QED) is 0.695. The summed E-state index contributed by atoms with van der Waals surface area (Å²) in [5.41, 5.74) is 4.45. The van der Waals surface area contributed by atoms with Crippen LogP contribution in [0.15, 0.2) is 46.1 Å². The zero-order valence-corrected chi connectivity index (χ0v) is 11.6. The molecule has 1 aliphatic carbocycles. The van der Waals surface area contributed by atoms with E-state index >= 15 is 0 Å². The second-order valence-electron chi connectivity index (χ2n) is 4.91. The number of non-ortho nitro benzene ring substituents is 1. The number of nitro benzene ring substituents is 1. The van der Waals surface area contributed by atoms with Gasteiger partial charge in [0.1, 0.15) is 5.76 Å². The summed E-state index contributed by atoms with van der Waals surface area (Å²) < 4.78 is 5.36. The van der Waals surface area contributed by atoms with Gasteiger partial charge >= 0.3 is 0 Å². The van der Waals surface area contributed by atoms with Crippen LogP contribution in [0.1, 0.15) is 34.5 Å². The zero-order chi connectivity index (χ0) is 15.5. The van der Waals surface area contributed by atoms with Gasteiger partial charge in [-0.15, -0.1) is 0 Å². The summed E-state index contributed by atoms with van der Waals surface area (Å²) in [6.07, 6.45) is 4.18. The third-order valence-corrected chi connectivity index (χ3v) is 3.51. The Balaban J connectivity index is 1.73. The van der Waals surface area contributed by atoms with E-state index in [4.69, 9.17) is 4.42 Å². The fourth-order valence-electron chi connectivity index (χ4n) is 2.38. The lowest BCUT2D eigenvalue weighted by atomic mass is 9.97. The van der Waals surface area contributed by atoms with Crippen LogP contribution in [0.2, 0.25) is 0 Å². The van der Waals surface area contributed by atoms with Crippen molar-refractivity contribution in [2.75, 3.05) is 0 Å². The summed E-state index contributed by atoms with van der Waals surface area (Å²) in [6, 6.07) is 7.22. The molecule has 1 N–H and O–H groups in total. The highest BCUT2D eigenvalue weighted by molar-refractivity contribution is 6.03. The van der Waals surface area contributed by atoms with Gasteiger partial charge in [-0.1, -0.05) is 0 Å². The zero-order valence-electron chi connectivity index (χ0n) is 11.6. The minimum atomic E-state index is -0.510. The van der Waals surface area contributed by atoms with Crippen molar-refractivity contribution in [2.45, 2.75) is 19.3 Å². The lowest BCUT2D eigenvalue weighted by Crippen LogP contribution is -2.21. The van der Waals surface area contributed by atoms with Crippen molar-refractivity contribution < 1.29 is 14.1 Å². The molecule has 3 rings (SSSR count). The lowest BCUT2D eigenvalue weighted by molar-refractivity contribution is -0.384. The highest BCUT2D eigenvalue weighted by Crippen LogP contribution is 2.22. The Kier molecular flexibility index (Phi) is 3.69. The van der Waals surface area contributed by atoms with Crippen LogP contribution in [0.5, 0.6) is 0 Å². The molecule has 0 fully saturated rings. The van der Waals surface area contributed by atoms with Crippen LogP contribution in [0.4, 0.5) is 5.69 Å². The van der Waals surface area contributed by atoms with Crippen molar-refractivity contribution in [3.63, 3.8) is 0 Å². The molecule has 0 radical (unpaired) electrons. The number of hydrogen-bond acceptors (Lipinski definition) is 5. The second-order valence-corrected chi connectivity index (χ2v) is 4.91. The molecule has 2 aromatic rings. The summed E-state index contributed by atoms with van der Waals surface area (Å²) in [4.78, 5) is 22.1. The van der Waals surface area contributed by atoms with Gasteiger partial charge in [0.2, 0.25) is 0 Å². The van der Waals surface area contributed by atoms with Crippen LogP contribution in [-0.4, -0.2) is 16.5 Å². The van der Waals surface area contributed by atoms with Gasteiger partial charge in [-0.25, -0.2) is 5.43 Å². The van der Waals surface area contributed by atoms with E-state index in [1.165, 1.54) is 24.3 Å². The second kappa shape index (κ2) is 5.80. The Labute approximate surface area is 125 Å². The van der Waals surface area contributed by atoms with Gasteiger partial charge in [-0.05, 0) is 31.0 Å². The molecule has 0 spiro atoms. The molecule has 112 valence electrons. The SMILES string of the molecule is O=C(N/N=C1/CCCc2occc21)c1ccc([N+](=O)[O-])cc1. The number of amides is 1. The number of furan rings is 1. The molecule has 7 heteroatoms. The lowest BCUT2D eigenvalue weighted by Gasteiger charge is -2.12. The number of nitrogens with one attached hydrogen (secondary N) is 1. The van der Waals surface area contributed by atoms with Crippen molar-refractivity contribution in [1.29, 1.82) is 0 Å². The molecule has 22 heavy (non-hydrogen) atoms. The molecular weight excluding hydrogens is 286 g/mol. The minimum absolute atomic E-state index is 0.0572. The van der Waals surface area contributed by atoms with Gasteiger partial charge in [0, 0.05) is 29.7 Å². The van der Waals surface area contributed by atoms with Crippen LogP contribution < -0.4 is 5.43 Å². The summed E-state index contributed by atoms with van der Waals surface area (Å²) >= 11 is 0. The molecule has 1 aliphatic rings. The van der Waals surface area contributed by atoms with Gasteiger partial charge in [0.05, 0.1) is 16.9 Å². The summed E-state index contributed by atoms with van der Waals surface area (Å²) in [5.74, 6) is 0.479.